The number of anilines is 1. The van der Waals surface area contributed by atoms with Gasteiger partial charge in [0.2, 0.25) is 5.91 Å². The minimum absolute atomic E-state index is 0. The summed E-state index contributed by atoms with van der Waals surface area (Å²) in [5.74, 6) is -0.516. The lowest BCUT2D eigenvalue weighted by molar-refractivity contribution is -0.123. The van der Waals surface area contributed by atoms with Crippen molar-refractivity contribution in [3.63, 3.8) is 0 Å². The molecule has 0 bridgehead atoms. The van der Waals surface area contributed by atoms with Crippen molar-refractivity contribution < 1.29 is 14.0 Å². The van der Waals surface area contributed by atoms with Gasteiger partial charge >= 0.3 is 0 Å². The van der Waals surface area contributed by atoms with E-state index in [1.165, 1.54) is 18.6 Å². The molecule has 0 N–H and O–H groups in total. The molecular formula is C30H38FN3O2S2. The van der Waals surface area contributed by atoms with Gasteiger partial charge in [0, 0.05) is 30.0 Å². The first kappa shape index (κ1) is 30.0. The molecule has 2 aliphatic rings. The van der Waals surface area contributed by atoms with E-state index in [2.05, 4.69) is 4.68 Å². The first-order chi connectivity index (χ1) is 17.4. The van der Waals surface area contributed by atoms with Crippen LogP contribution in [-0.2, 0) is 4.79 Å². The molecule has 38 heavy (non-hydrogen) atoms. The van der Waals surface area contributed by atoms with E-state index in [9.17, 15) is 14.0 Å². The fraction of sp³-hybridized carbons (Fsp3) is 0.433. The fourth-order valence-corrected chi connectivity index (χ4v) is 6.13. The van der Waals surface area contributed by atoms with E-state index in [1.807, 2.05) is 49.9 Å². The van der Waals surface area contributed by atoms with Crippen molar-refractivity contribution >= 4 is 44.5 Å². The second-order valence-electron chi connectivity index (χ2n) is 10.3. The number of rotatable bonds is 6. The molecule has 5 nitrogen and oxygen atoms in total. The highest BCUT2D eigenvalue weighted by molar-refractivity contribution is 7.59. The number of benzene rings is 2. The van der Waals surface area contributed by atoms with E-state index in [0.717, 1.165) is 53.9 Å². The van der Waals surface area contributed by atoms with Gasteiger partial charge in [-0.2, -0.15) is 32.1 Å². The molecule has 204 valence electrons. The third-order valence-corrected chi connectivity index (χ3v) is 7.87. The molecule has 1 aromatic heterocycles. The largest absolute Gasteiger partial charge is 0.297 e. The Morgan fingerprint density at radius 2 is 1.71 bits per heavy atom. The van der Waals surface area contributed by atoms with Crippen LogP contribution in [0.4, 0.5) is 10.2 Å². The molecule has 3 aromatic rings. The smallest absolute Gasteiger partial charge is 0.232 e. The minimum Gasteiger partial charge on any atom is -0.297 e. The molecule has 1 amide bonds. The molecule has 1 fully saturated rings. The number of halogens is 1. The van der Waals surface area contributed by atoms with Gasteiger partial charge in [-0.15, -0.1) is 0 Å². The summed E-state index contributed by atoms with van der Waals surface area (Å²) >= 11 is 0. The van der Waals surface area contributed by atoms with Crippen LogP contribution in [0.25, 0.3) is 0 Å². The number of hydrogen-bond acceptors (Lipinski definition) is 3. The summed E-state index contributed by atoms with van der Waals surface area (Å²) in [5.41, 5.74) is 4.34. The van der Waals surface area contributed by atoms with Crippen LogP contribution in [-0.4, -0.2) is 28.0 Å². The SMILES string of the molecule is CCN1C(=O)[C@@H](CC(=O)c2cccc(C)c2)[C@@H](c2ccc(F)cc2)c2c(C)nn(C3CCCCC3)c21.S.S. The van der Waals surface area contributed by atoms with Gasteiger partial charge in [0.25, 0.3) is 0 Å². The molecule has 8 heteroatoms. The van der Waals surface area contributed by atoms with Gasteiger partial charge in [-0.25, -0.2) is 9.07 Å². The number of aromatic nitrogens is 2. The summed E-state index contributed by atoms with van der Waals surface area (Å²) in [6.45, 7) is 6.44. The van der Waals surface area contributed by atoms with Crippen molar-refractivity contribution in [2.75, 3.05) is 11.4 Å². The minimum atomic E-state index is -0.585. The highest BCUT2D eigenvalue weighted by Crippen LogP contribution is 2.48. The zero-order valence-electron chi connectivity index (χ0n) is 22.3. The van der Waals surface area contributed by atoms with E-state index < -0.39 is 5.92 Å². The summed E-state index contributed by atoms with van der Waals surface area (Å²) in [4.78, 5) is 29.4. The summed E-state index contributed by atoms with van der Waals surface area (Å²) in [6, 6.07) is 14.2. The monoisotopic (exact) mass is 555 g/mol. The number of carbonyl (C=O) groups excluding carboxylic acids is 2. The number of amides is 1. The lowest BCUT2D eigenvalue weighted by atomic mass is 9.74. The van der Waals surface area contributed by atoms with Gasteiger partial charge in [0.05, 0.1) is 17.7 Å². The van der Waals surface area contributed by atoms with Crippen LogP contribution in [0.15, 0.2) is 48.5 Å². The zero-order chi connectivity index (χ0) is 25.4. The molecule has 0 spiro atoms. The predicted octanol–water partition coefficient (Wildman–Crippen LogP) is 6.76. The summed E-state index contributed by atoms with van der Waals surface area (Å²) < 4.78 is 16.0. The van der Waals surface area contributed by atoms with Gasteiger partial charge < -0.3 is 0 Å². The molecule has 1 aliphatic heterocycles. The Morgan fingerprint density at radius 1 is 1.03 bits per heavy atom. The number of fused-ring (bicyclic) bond motifs is 1. The summed E-state index contributed by atoms with van der Waals surface area (Å²) in [7, 11) is 0. The first-order valence-corrected chi connectivity index (χ1v) is 13.1. The lowest BCUT2D eigenvalue weighted by Crippen LogP contribution is -2.45. The zero-order valence-corrected chi connectivity index (χ0v) is 24.3. The summed E-state index contributed by atoms with van der Waals surface area (Å²) in [6.07, 6.45) is 5.75. The molecular weight excluding hydrogens is 517 g/mol. The van der Waals surface area contributed by atoms with Gasteiger partial charge in [-0.1, -0.05) is 55.2 Å². The number of hydrogen-bond donors (Lipinski definition) is 0. The second-order valence-corrected chi connectivity index (χ2v) is 10.3. The van der Waals surface area contributed by atoms with E-state index in [1.54, 1.807) is 12.1 Å². The summed E-state index contributed by atoms with van der Waals surface area (Å²) in [5, 5.41) is 4.99. The molecule has 0 unspecified atom stereocenters. The van der Waals surface area contributed by atoms with Gasteiger partial charge in [0.1, 0.15) is 11.6 Å². The molecule has 1 saturated carbocycles. The lowest BCUT2D eigenvalue weighted by Gasteiger charge is -2.39. The van der Waals surface area contributed by atoms with Crippen molar-refractivity contribution in [3.05, 3.63) is 82.3 Å². The maximum absolute atomic E-state index is 14.1. The fourth-order valence-electron chi connectivity index (χ4n) is 6.13. The van der Waals surface area contributed by atoms with E-state index >= 15 is 0 Å². The first-order valence-electron chi connectivity index (χ1n) is 13.1. The maximum Gasteiger partial charge on any atom is 0.232 e. The topological polar surface area (TPSA) is 55.2 Å². The van der Waals surface area contributed by atoms with Gasteiger partial charge in [-0.05, 0) is 57.4 Å². The Labute approximate surface area is 238 Å². The van der Waals surface area contributed by atoms with Crippen LogP contribution in [0.3, 0.4) is 0 Å². The number of nitrogens with zero attached hydrogens (tertiary/aromatic N) is 3. The molecule has 0 saturated heterocycles. The molecule has 2 atom stereocenters. The van der Waals surface area contributed by atoms with Crippen LogP contribution in [0.1, 0.15) is 90.2 Å². The Bertz CT molecular complexity index is 1290. The van der Waals surface area contributed by atoms with Crippen LogP contribution in [0.2, 0.25) is 0 Å². The third-order valence-electron chi connectivity index (χ3n) is 7.87. The quantitative estimate of drug-likeness (QED) is 0.316. The molecule has 1 aliphatic carbocycles. The van der Waals surface area contributed by atoms with Gasteiger partial charge in [0.15, 0.2) is 5.78 Å². The molecule has 5 rings (SSSR count). The van der Waals surface area contributed by atoms with Crippen LogP contribution in [0.5, 0.6) is 0 Å². The Morgan fingerprint density at radius 3 is 2.34 bits per heavy atom. The predicted molar refractivity (Wildman–Crippen MR) is 160 cm³/mol. The average Bonchev–Trinajstić information content (AvgIpc) is 3.22. The van der Waals surface area contributed by atoms with Crippen molar-refractivity contribution in [3.8, 4) is 0 Å². The van der Waals surface area contributed by atoms with Crippen molar-refractivity contribution in [1.29, 1.82) is 0 Å². The highest BCUT2D eigenvalue weighted by Gasteiger charge is 2.45. The van der Waals surface area contributed by atoms with Crippen molar-refractivity contribution in [2.45, 2.75) is 71.3 Å². The van der Waals surface area contributed by atoms with Crippen molar-refractivity contribution in [1.82, 2.24) is 9.78 Å². The van der Waals surface area contributed by atoms with E-state index in [4.69, 9.17) is 5.10 Å². The van der Waals surface area contributed by atoms with Crippen LogP contribution in [0, 0.1) is 25.6 Å². The van der Waals surface area contributed by atoms with E-state index in [-0.39, 0.29) is 62.9 Å². The Balaban J connectivity index is 0.00000200. The van der Waals surface area contributed by atoms with Crippen molar-refractivity contribution in [2.24, 2.45) is 5.92 Å². The number of ketones is 1. The highest BCUT2D eigenvalue weighted by atomic mass is 32.1. The van der Waals surface area contributed by atoms with Gasteiger partial charge in [-0.3, -0.25) is 14.5 Å². The van der Waals surface area contributed by atoms with Crippen LogP contribution < -0.4 is 4.90 Å². The number of aryl methyl sites for hydroxylation is 2. The van der Waals surface area contributed by atoms with Crippen LogP contribution >= 0.6 is 27.0 Å². The molecule has 0 radical (unpaired) electrons. The Hall–Kier alpha value is -2.58. The molecule has 2 aromatic carbocycles. The number of carbonyl (C=O) groups is 2. The standard InChI is InChI=1S/C30H34FN3O2.2H2S/c1-4-33-29-27(20(3)32-34(29)24-11-6-5-7-12-24)28(21-13-15-23(31)16-14-21)25(30(33)36)18-26(35)22-10-8-9-19(2)17-22;;/h8-10,13-17,24-25,28H,4-7,11-12,18H2,1-3H3;2*1H2/t25-,28+;;/m0../s1. The third kappa shape index (κ3) is 5.57. The number of Topliss-reactive ketones (excluding diaryl/α,β-unsaturated/α-hetero) is 1. The average molecular weight is 556 g/mol. The van der Waals surface area contributed by atoms with E-state index in [0.29, 0.717) is 12.1 Å². The Kier molecular flexibility index (Phi) is 9.87. The second kappa shape index (κ2) is 12.5. The normalized spacial score (nSPS) is 19.4. The molecule has 2 heterocycles. The maximum atomic E-state index is 14.1.